The topological polar surface area (TPSA) is 47.0 Å². The molecule has 1 atom stereocenters. The van der Waals surface area contributed by atoms with Crippen LogP contribution in [0, 0.1) is 0 Å². The highest BCUT2D eigenvalue weighted by Crippen LogP contribution is 2.27. The number of nitrogens with zero attached hydrogens (tertiary/aromatic N) is 2. The molecule has 1 N–H and O–H groups in total. The smallest absolute Gasteiger partial charge is 0.220 e. The Labute approximate surface area is 95.4 Å². The Hall–Kier alpha value is -1.16. The molecule has 16 heavy (non-hydrogen) atoms. The number of ether oxygens (including phenoxy) is 1. The Balaban J connectivity index is 1.82. The normalized spacial score (nSPS) is 24.1. The first-order valence-electron chi connectivity index (χ1n) is 6.13. The van der Waals surface area contributed by atoms with E-state index in [0.717, 1.165) is 38.2 Å². The van der Waals surface area contributed by atoms with Crippen molar-refractivity contribution in [3.63, 3.8) is 0 Å². The van der Waals surface area contributed by atoms with E-state index in [9.17, 15) is 0 Å². The molecule has 2 heterocycles. The van der Waals surface area contributed by atoms with Crippen LogP contribution in [0.1, 0.15) is 30.5 Å². The fraction of sp³-hybridized carbons (Fsp3) is 0.667. The van der Waals surface area contributed by atoms with E-state index < -0.39 is 0 Å². The molecular formula is C12H17N3O. The summed E-state index contributed by atoms with van der Waals surface area (Å²) in [6, 6.07) is 0. The molecule has 1 saturated heterocycles. The van der Waals surface area contributed by atoms with E-state index >= 15 is 0 Å². The average molecular weight is 219 g/mol. The summed E-state index contributed by atoms with van der Waals surface area (Å²) in [5.41, 5.74) is 2.45. The van der Waals surface area contributed by atoms with Gasteiger partial charge in [0.15, 0.2) is 0 Å². The summed E-state index contributed by atoms with van der Waals surface area (Å²) in [6.45, 7) is 2.00. The van der Waals surface area contributed by atoms with Crippen molar-refractivity contribution in [3.05, 3.63) is 17.6 Å². The van der Waals surface area contributed by atoms with Gasteiger partial charge >= 0.3 is 0 Å². The third-order valence-electron chi connectivity index (χ3n) is 3.38. The second-order valence-electron chi connectivity index (χ2n) is 4.54. The van der Waals surface area contributed by atoms with Crippen LogP contribution >= 0.6 is 0 Å². The van der Waals surface area contributed by atoms with E-state index in [1.165, 1.54) is 24.1 Å². The van der Waals surface area contributed by atoms with Crippen LogP contribution in [0.3, 0.4) is 0 Å². The van der Waals surface area contributed by atoms with Crippen LogP contribution in [0.4, 0.5) is 0 Å². The van der Waals surface area contributed by atoms with Gasteiger partial charge in [-0.05, 0) is 38.6 Å². The van der Waals surface area contributed by atoms with Crippen LogP contribution in [0.25, 0.3) is 0 Å². The lowest BCUT2D eigenvalue weighted by molar-refractivity contribution is 0.210. The first kappa shape index (κ1) is 10.0. The molecule has 0 radical (unpaired) electrons. The van der Waals surface area contributed by atoms with Crippen molar-refractivity contribution >= 4 is 0 Å². The summed E-state index contributed by atoms with van der Waals surface area (Å²) in [4.78, 5) is 8.64. The van der Waals surface area contributed by atoms with Crippen molar-refractivity contribution in [2.45, 2.75) is 38.2 Å². The zero-order valence-corrected chi connectivity index (χ0v) is 9.41. The third kappa shape index (κ3) is 1.89. The number of hydrogen-bond acceptors (Lipinski definition) is 4. The van der Waals surface area contributed by atoms with Gasteiger partial charge in [0.05, 0.1) is 5.69 Å². The Morgan fingerprint density at radius 1 is 1.25 bits per heavy atom. The van der Waals surface area contributed by atoms with E-state index in [2.05, 4.69) is 15.3 Å². The molecule has 4 nitrogen and oxygen atoms in total. The summed E-state index contributed by atoms with van der Waals surface area (Å²) >= 11 is 0. The molecule has 4 heteroatoms. The minimum absolute atomic E-state index is 0.293. The number of fused-ring (bicyclic) bond motifs is 1. The van der Waals surface area contributed by atoms with Gasteiger partial charge in [-0.3, -0.25) is 0 Å². The van der Waals surface area contributed by atoms with Crippen molar-refractivity contribution in [1.29, 1.82) is 0 Å². The molecular weight excluding hydrogens is 202 g/mol. The maximum Gasteiger partial charge on any atom is 0.220 e. The van der Waals surface area contributed by atoms with Crippen molar-refractivity contribution < 1.29 is 4.74 Å². The van der Waals surface area contributed by atoms with Gasteiger partial charge in [0.25, 0.3) is 0 Å². The quantitative estimate of drug-likeness (QED) is 0.809. The van der Waals surface area contributed by atoms with Gasteiger partial charge in [-0.1, -0.05) is 0 Å². The molecule has 86 valence electrons. The van der Waals surface area contributed by atoms with Gasteiger partial charge in [-0.15, -0.1) is 0 Å². The summed E-state index contributed by atoms with van der Waals surface area (Å²) < 4.78 is 5.96. The second kappa shape index (κ2) is 4.37. The molecule has 2 aliphatic rings. The molecule has 1 aromatic rings. The Morgan fingerprint density at radius 3 is 3.06 bits per heavy atom. The van der Waals surface area contributed by atoms with Crippen molar-refractivity contribution in [2.24, 2.45) is 0 Å². The Morgan fingerprint density at radius 2 is 2.19 bits per heavy atom. The maximum absolute atomic E-state index is 5.96. The van der Waals surface area contributed by atoms with E-state index in [-0.39, 0.29) is 0 Å². The van der Waals surface area contributed by atoms with Gasteiger partial charge in [0.1, 0.15) is 12.4 Å². The predicted molar refractivity (Wildman–Crippen MR) is 60.6 cm³/mol. The third-order valence-corrected chi connectivity index (χ3v) is 3.38. The highest BCUT2D eigenvalue weighted by Gasteiger charge is 2.21. The predicted octanol–water partition coefficient (Wildman–Crippen LogP) is 1.10. The highest BCUT2D eigenvalue weighted by atomic mass is 16.5. The van der Waals surface area contributed by atoms with Gasteiger partial charge in [0, 0.05) is 12.1 Å². The number of rotatable bonds is 2. The molecule has 0 spiro atoms. The number of nitrogens with one attached hydrogen (secondary N) is 1. The second-order valence-corrected chi connectivity index (χ2v) is 4.54. The van der Waals surface area contributed by atoms with Crippen LogP contribution in [0.2, 0.25) is 0 Å². The number of hydrogen-bond donors (Lipinski definition) is 1. The van der Waals surface area contributed by atoms with E-state index in [4.69, 9.17) is 4.74 Å². The fourth-order valence-corrected chi connectivity index (χ4v) is 2.48. The highest BCUT2D eigenvalue weighted by molar-refractivity contribution is 5.31. The molecule has 0 amide bonds. The van der Waals surface area contributed by atoms with Crippen LogP contribution in [0.5, 0.6) is 5.88 Å². The molecule has 1 fully saturated rings. The minimum atomic E-state index is 0.293. The number of aryl methyl sites for hydroxylation is 1. The Kier molecular flexibility index (Phi) is 2.74. The van der Waals surface area contributed by atoms with Crippen LogP contribution in [-0.2, 0) is 12.8 Å². The summed E-state index contributed by atoms with van der Waals surface area (Å²) in [5, 5.41) is 3.30. The molecule has 0 saturated carbocycles. The molecule has 1 aliphatic carbocycles. The number of aromatic nitrogens is 2. The van der Waals surface area contributed by atoms with Gasteiger partial charge in [-0.25, -0.2) is 9.97 Å². The molecule has 1 unspecified atom stereocenters. The summed E-state index contributed by atoms with van der Waals surface area (Å²) in [7, 11) is 0. The zero-order chi connectivity index (χ0) is 10.8. The van der Waals surface area contributed by atoms with Crippen LogP contribution in [0.15, 0.2) is 6.33 Å². The SMILES string of the molecule is c1nc2c(c(OC3CCNC3)n1)CCCC2. The largest absolute Gasteiger partial charge is 0.473 e. The van der Waals surface area contributed by atoms with Crippen molar-refractivity contribution in [2.75, 3.05) is 13.1 Å². The van der Waals surface area contributed by atoms with E-state index in [0.29, 0.717) is 6.10 Å². The van der Waals surface area contributed by atoms with Gasteiger partial charge in [-0.2, -0.15) is 0 Å². The molecule has 1 aliphatic heterocycles. The van der Waals surface area contributed by atoms with Crippen LogP contribution in [-0.4, -0.2) is 29.2 Å². The monoisotopic (exact) mass is 219 g/mol. The zero-order valence-electron chi connectivity index (χ0n) is 9.41. The minimum Gasteiger partial charge on any atom is -0.473 e. The summed E-state index contributed by atoms with van der Waals surface area (Å²) in [5.74, 6) is 0.832. The molecule has 1 aromatic heterocycles. The van der Waals surface area contributed by atoms with Crippen molar-refractivity contribution in [3.8, 4) is 5.88 Å². The average Bonchev–Trinajstić information content (AvgIpc) is 2.82. The molecule has 3 rings (SSSR count). The van der Waals surface area contributed by atoms with Crippen LogP contribution < -0.4 is 10.1 Å². The lowest BCUT2D eigenvalue weighted by atomic mass is 9.97. The first-order valence-corrected chi connectivity index (χ1v) is 6.13. The van der Waals surface area contributed by atoms with E-state index in [1.807, 2.05) is 0 Å². The van der Waals surface area contributed by atoms with Gasteiger partial charge < -0.3 is 10.1 Å². The van der Waals surface area contributed by atoms with Crippen molar-refractivity contribution in [1.82, 2.24) is 15.3 Å². The molecule has 0 bridgehead atoms. The first-order chi connectivity index (χ1) is 7.93. The Bertz CT molecular complexity index is 375. The standard InChI is InChI=1S/C12H17N3O/c1-2-4-11-10(3-1)12(15-8-14-11)16-9-5-6-13-7-9/h8-9,13H,1-7H2. The summed E-state index contributed by atoms with van der Waals surface area (Å²) in [6.07, 6.45) is 7.65. The molecule has 0 aromatic carbocycles. The van der Waals surface area contributed by atoms with Gasteiger partial charge in [0.2, 0.25) is 5.88 Å². The lowest BCUT2D eigenvalue weighted by Gasteiger charge is -2.19. The lowest BCUT2D eigenvalue weighted by Crippen LogP contribution is -2.22. The maximum atomic E-state index is 5.96. The fourth-order valence-electron chi connectivity index (χ4n) is 2.48. The van der Waals surface area contributed by atoms with E-state index in [1.54, 1.807) is 6.33 Å².